The Morgan fingerprint density at radius 1 is 0.783 bits per heavy atom. The molecule has 0 aromatic heterocycles. The van der Waals surface area contributed by atoms with Crippen molar-refractivity contribution in [3.05, 3.63) is 64.7 Å². The maximum absolute atomic E-state index is 12.6. The number of ether oxygens (including phenoxy) is 1. The molecule has 2 aromatic carbocycles. The van der Waals surface area contributed by atoms with Gasteiger partial charge in [-0.3, -0.25) is 9.59 Å². The van der Waals surface area contributed by atoms with E-state index in [9.17, 15) is 9.59 Å². The molecule has 118 valence electrons. The van der Waals surface area contributed by atoms with Crippen molar-refractivity contribution < 1.29 is 14.3 Å². The Labute approximate surface area is 136 Å². The fraction of sp³-hybridized carbons (Fsp3) is 0.300. The Bertz CT molecular complexity index is 746. The molecular weight excluding hydrogens is 288 g/mol. The standard InChI is InChI=1S/C20H20O3/c1-2-3-4-7-12-23-14-10-11-17-18(13-14)20(22)16-9-6-5-8-15(16)19(17)21/h5-6,8-11,13H,2-4,7,12H2,1H3. The molecular formula is C20H20O3. The normalized spacial score (nSPS) is 12.7. The topological polar surface area (TPSA) is 43.4 Å². The highest BCUT2D eigenvalue weighted by Gasteiger charge is 2.29. The molecule has 3 nitrogen and oxygen atoms in total. The van der Waals surface area contributed by atoms with Crippen LogP contribution in [-0.2, 0) is 0 Å². The number of hydrogen-bond acceptors (Lipinski definition) is 3. The lowest BCUT2D eigenvalue weighted by Crippen LogP contribution is -2.20. The molecule has 1 aliphatic carbocycles. The number of hydrogen-bond donors (Lipinski definition) is 0. The largest absolute Gasteiger partial charge is 0.494 e. The number of ketones is 2. The predicted molar refractivity (Wildman–Crippen MR) is 89.4 cm³/mol. The Morgan fingerprint density at radius 3 is 2.13 bits per heavy atom. The summed E-state index contributed by atoms with van der Waals surface area (Å²) in [7, 11) is 0. The first kappa shape index (κ1) is 15.5. The van der Waals surface area contributed by atoms with Gasteiger partial charge in [-0.1, -0.05) is 50.5 Å². The second kappa shape index (κ2) is 6.78. The monoisotopic (exact) mass is 308 g/mol. The lowest BCUT2D eigenvalue weighted by molar-refractivity contribution is 0.0978. The summed E-state index contributed by atoms with van der Waals surface area (Å²) < 4.78 is 5.73. The van der Waals surface area contributed by atoms with E-state index in [0.29, 0.717) is 34.6 Å². The van der Waals surface area contributed by atoms with Crippen LogP contribution in [0.2, 0.25) is 0 Å². The van der Waals surface area contributed by atoms with E-state index >= 15 is 0 Å². The summed E-state index contributed by atoms with van der Waals surface area (Å²) in [4.78, 5) is 25.1. The van der Waals surface area contributed by atoms with Crippen molar-refractivity contribution in [3.63, 3.8) is 0 Å². The van der Waals surface area contributed by atoms with Crippen molar-refractivity contribution in [1.82, 2.24) is 0 Å². The van der Waals surface area contributed by atoms with Gasteiger partial charge in [-0.25, -0.2) is 0 Å². The Morgan fingerprint density at radius 2 is 1.43 bits per heavy atom. The molecule has 0 amide bonds. The van der Waals surface area contributed by atoms with E-state index < -0.39 is 0 Å². The summed E-state index contributed by atoms with van der Waals surface area (Å²) >= 11 is 0. The highest BCUT2D eigenvalue weighted by molar-refractivity contribution is 6.28. The average molecular weight is 308 g/mol. The minimum atomic E-state index is -0.105. The maximum atomic E-state index is 12.6. The molecule has 23 heavy (non-hydrogen) atoms. The van der Waals surface area contributed by atoms with Crippen molar-refractivity contribution in [1.29, 1.82) is 0 Å². The van der Waals surface area contributed by atoms with E-state index in [1.54, 1.807) is 42.5 Å². The molecule has 0 radical (unpaired) electrons. The van der Waals surface area contributed by atoms with E-state index in [1.165, 1.54) is 12.8 Å². The van der Waals surface area contributed by atoms with Gasteiger partial charge in [0.25, 0.3) is 0 Å². The first-order chi connectivity index (χ1) is 11.2. The molecule has 0 atom stereocenters. The molecule has 0 saturated carbocycles. The van der Waals surface area contributed by atoms with Crippen molar-refractivity contribution >= 4 is 11.6 Å². The van der Waals surface area contributed by atoms with E-state index in [4.69, 9.17) is 4.74 Å². The van der Waals surface area contributed by atoms with Crippen LogP contribution in [0.3, 0.4) is 0 Å². The van der Waals surface area contributed by atoms with E-state index in [0.717, 1.165) is 12.8 Å². The first-order valence-electron chi connectivity index (χ1n) is 8.17. The molecule has 0 fully saturated rings. The summed E-state index contributed by atoms with van der Waals surface area (Å²) in [5.74, 6) is 0.456. The van der Waals surface area contributed by atoms with E-state index in [2.05, 4.69) is 6.92 Å². The zero-order valence-corrected chi connectivity index (χ0v) is 13.3. The summed E-state index contributed by atoms with van der Waals surface area (Å²) in [5.41, 5.74) is 1.87. The molecule has 0 aliphatic heterocycles. The number of carbonyl (C=O) groups is 2. The molecule has 0 heterocycles. The number of carbonyl (C=O) groups excluding carboxylic acids is 2. The Hall–Kier alpha value is -2.42. The Balaban J connectivity index is 1.80. The molecule has 0 bridgehead atoms. The van der Waals surface area contributed by atoms with Crippen molar-refractivity contribution in [3.8, 4) is 5.75 Å². The number of unbranched alkanes of at least 4 members (excludes halogenated alkanes) is 3. The van der Waals surface area contributed by atoms with Crippen molar-refractivity contribution in [2.24, 2.45) is 0 Å². The van der Waals surface area contributed by atoms with Gasteiger partial charge in [0.1, 0.15) is 5.75 Å². The van der Waals surface area contributed by atoms with Gasteiger partial charge in [0, 0.05) is 22.3 Å². The van der Waals surface area contributed by atoms with Crippen LogP contribution >= 0.6 is 0 Å². The first-order valence-corrected chi connectivity index (χ1v) is 8.17. The third-order valence-corrected chi connectivity index (χ3v) is 4.16. The molecule has 3 rings (SSSR count). The minimum absolute atomic E-state index is 0.0929. The summed E-state index contributed by atoms with van der Waals surface area (Å²) in [6.45, 7) is 2.81. The van der Waals surface area contributed by atoms with Gasteiger partial charge in [-0.15, -0.1) is 0 Å². The van der Waals surface area contributed by atoms with Gasteiger partial charge in [-0.2, -0.15) is 0 Å². The maximum Gasteiger partial charge on any atom is 0.194 e. The lowest BCUT2D eigenvalue weighted by Gasteiger charge is -2.18. The number of rotatable bonds is 6. The fourth-order valence-electron chi connectivity index (χ4n) is 2.89. The molecule has 0 saturated heterocycles. The number of benzene rings is 2. The fourth-order valence-corrected chi connectivity index (χ4v) is 2.89. The smallest absolute Gasteiger partial charge is 0.194 e. The van der Waals surface area contributed by atoms with Crippen LogP contribution in [-0.4, -0.2) is 18.2 Å². The molecule has 0 spiro atoms. The van der Waals surface area contributed by atoms with Crippen molar-refractivity contribution in [2.75, 3.05) is 6.61 Å². The van der Waals surface area contributed by atoms with Crippen LogP contribution in [0.5, 0.6) is 5.75 Å². The summed E-state index contributed by atoms with van der Waals surface area (Å²) in [5, 5.41) is 0. The molecule has 1 aliphatic rings. The predicted octanol–water partition coefficient (Wildman–Crippen LogP) is 4.42. The van der Waals surface area contributed by atoms with Crippen LogP contribution in [0.1, 0.15) is 64.4 Å². The zero-order chi connectivity index (χ0) is 16.2. The van der Waals surface area contributed by atoms with Gasteiger partial charge in [0.2, 0.25) is 0 Å². The van der Waals surface area contributed by atoms with Gasteiger partial charge < -0.3 is 4.74 Å². The molecule has 2 aromatic rings. The highest BCUT2D eigenvalue weighted by Crippen LogP contribution is 2.29. The van der Waals surface area contributed by atoms with Gasteiger partial charge in [0.15, 0.2) is 11.6 Å². The number of fused-ring (bicyclic) bond motifs is 2. The van der Waals surface area contributed by atoms with Crippen LogP contribution in [0.25, 0.3) is 0 Å². The zero-order valence-electron chi connectivity index (χ0n) is 13.3. The van der Waals surface area contributed by atoms with Gasteiger partial charge in [0.05, 0.1) is 6.61 Å². The molecule has 0 N–H and O–H groups in total. The second-order valence-electron chi connectivity index (χ2n) is 5.82. The van der Waals surface area contributed by atoms with Gasteiger partial charge >= 0.3 is 0 Å². The van der Waals surface area contributed by atoms with Crippen LogP contribution < -0.4 is 4.74 Å². The Kier molecular flexibility index (Phi) is 4.56. The van der Waals surface area contributed by atoms with E-state index in [1.807, 2.05) is 0 Å². The van der Waals surface area contributed by atoms with E-state index in [-0.39, 0.29) is 11.6 Å². The molecule has 0 unspecified atom stereocenters. The average Bonchev–Trinajstić information content (AvgIpc) is 2.59. The molecule has 3 heteroatoms. The quantitative estimate of drug-likeness (QED) is 0.633. The van der Waals surface area contributed by atoms with Gasteiger partial charge in [-0.05, 0) is 24.6 Å². The van der Waals surface area contributed by atoms with Crippen LogP contribution in [0.15, 0.2) is 42.5 Å². The SMILES string of the molecule is CCCCCCOc1ccc2c(c1)C(=O)c1ccccc1C2=O. The summed E-state index contributed by atoms with van der Waals surface area (Å²) in [6, 6.07) is 12.1. The van der Waals surface area contributed by atoms with Crippen LogP contribution in [0.4, 0.5) is 0 Å². The minimum Gasteiger partial charge on any atom is -0.494 e. The third-order valence-electron chi connectivity index (χ3n) is 4.16. The third kappa shape index (κ3) is 3.04. The van der Waals surface area contributed by atoms with Crippen LogP contribution in [0, 0.1) is 0 Å². The summed E-state index contributed by atoms with van der Waals surface area (Å²) in [6.07, 6.45) is 4.54. The van der Waals surface area contributed by atoms with Crippen molar-refractivity contribution in [2.45, 2.75) is 32.6 Å². The second-order valence-corrected chi connectivity index (χ2v) is 5.82. The highest BCUT2D eigenvalue weighted by atomic mass is 16.5. The lowest BCUT2D eigenvalue weighted by atomic mass is 9.84.